The summed E-state index contributed by atoms with van der Waals surface area (Å²) in [5.41, 5.74) is 0.733. The first-order valence-electron chi connectivity index (χ1n) is 14.9. The summed E-state index contributed by atoms with van der Waals surface area (Å²) in [6.45, 7) is 0. The predicted octanol–water partition coefficient (Wildman–Crippen LogP) is 10.8. The third kappa shape index (κ3) is 9.65. The van der Waals surface area contributed by atoms with E-state index >= 15 is 0 Å². The fourth-order valence-electron chi connectivity index (χ4n) is 7.31. The maximum Gasteiger partial charge on any atom is -0.0297 e. The number of hydrogen-bond acceptors (Lipinski definition) is 0. The minimum Gasteiger partial charge on any atom is -0.0533 e. The molecule has 3 saturated carbocycles. The first-order chi connectivity index (χ1) is 14.9. The Kier molecular flexibility index (Phi) is 12.3. The van der Waals surface area contributed by atoms with Crippen LogP contribution in [0.15, 0.2) is 0 Å². The molecule has 0 heteroatoms. The Balaban J connectivity index is 1.55. The second-order valence-electron chi connectivity index (χ2n) is 12.0. The SMILES string of the molecule is C1CCCCC(CCC2(CCC3CCCCCCCC3)CCCCCCC2)CCC1. The van der Waals surface area contributed by atoms with Crippen molar-refractivity contribution in [3.05, 3.63) is 0 Å². The molecule has 0 atom stereocenters. The molecule has 3 fully saturated rings. The zero-order valence-corrected chi connectivity index (χ0v) is 20.7. The Morgan fingerprint density at radius 2 is 0.667 bits per heavy atom. The van der Waals surface area contributed by atoms with Gasteiger partial charge in [0.2, 0.25) is 0 Å². The second kappa shape index (κ2) is 14.9. The van der Waals surface area contributed by atoms with E-state index in [1.165, 1.54) is 109 Å². The largest absolute Gasteiger partial charge is 0.0533 e. The van der Waals surface area contributed by atoms with Crippen LogP contribution in [0, 0.1) is 17.3 Å². The smallest absolute Gasteiger partial charge is 0.0297 e. The van der Waals surface area contributed by atoms with Crippen LogP contribution in [0.3, 0.4) is 0 Å². The summed E-state index contributed by atoms with van der Waals surface area (Å²) >= 11 is 0. The molecule has 30 heavy (non-hydrogen) atoms. The molecule has 0 bridgehead atoms. The topological polar surface area (TPSA) is 0 Å². The highest BCUT2D eigenvalue weighted by Crippen LogP contribution is 2.45. The van der Waals surface area contributed by atoms with Crippen LogP contribution in [0.2, 0.25) is 0 Å². The maximum absolute atomic E-state index is 1.59. The fraction of sp³-hybridized carbons (Fsp3) is 1.00. The highest BCUT2D eigenvalue weighted by molar-refractivity contribution is 4.83. The van der Waals surface area contributed by atoms with E-state index in [0.717, 1.165) is 17.3 Å². The average Bonchev–Trinajstić information content (AvgIpc) is 2.96. The highest BCUT2D eigenvalue weighted by atomic mass is 14.4. The first-order valence-corrected chi connectivity index (χ1v) is 14.9. The fourth-order valence-corrected chi connectivity index (χ4v) is 7.31. The van der Waals surface area contributed by atoms with Gasteiger partial charge in [-0.3, -0.25) is 0 Å². The van der Waals surface area contributed by atoms with Gasteiger partial charge in [0, 0.05) is 0 Å². The minimum absolute atomic E-state index is 0.733. The lowest BCUT2D eigenvalue weighted by molar-refractivity contribution is 0.140. The van der Waals surface area contributed by atoms with Gasteiger partial charge in [0.25, 0.3) is 0 Å². The van der Waals surface area contributed by atoms with Crippen molar-refractivity contribution < 1.29 is 0 Å². The molecule has 0 aromatic rings. The van der Waals surface area contributed by atoms with Crippen molar-refractivity contribution in [3.8, 4) is 0 Å². The van der Waals surface area contributed by atoms with Gasteiger partial charge in [0.05, 0.1) is 0 Å². The highest BCUT2D eigenvalue weighted by Gasteiger charge is 2.31. The van der Waals surface area contributed by atoms with Gasteiger partial charge in [0.1, 0.15) is 0 Å². The molecule has 0 N–H and O–H groups in total. The maximum atomic E-state index is 1.59. The second-order valence-corrected chi connectivity index (χ2v) is 12.0. The molecule has 3 rings (SSSR count). The first kappa shape index (κ1) is 24.6. The molecule has 0 unspecified atom stereocenters. The number of rotatable bonds is 6. The van der Waals surface area contributed by atoms with Crippen molar-refractivity contribution in [2.45, 2.75) is 173 Å². The monoisotopic (exact) mass is 416 g/mol. The zero-order valence-electron chi connectivity index (χ0n) is 20.7. The standard InChI is InChI=1S/C30H56/c1-2-7-13-19-28(18-12-6-1)22-26-30(24-16-10-5-11-17-25-30)27-23-29-20-14-8-3-4-9-15-21-29/h28-29H,1-27H2. The van der Waals surface area contributed by atoms with Gasteiger partial charge in [-0.05, 0) is 55.8 Å². The van der Waals surface area contributed by atoms with E-state index in [1.54, 1.807) is 64.2 Å². The number of hydrogen-bond donors (Lipinski definition) is 0. The Hall–Kier alpha value is 0. The lowest BCUT2D eigenvalue weighted by atomic mass is 9.67. The van der Waals surface area contributed by atoms with Crippen molar-refractivity contribution in [1.29, 1.82) is 0 Å². The molecule has 0 spiro atoms. The third-order valence-electron chi connectivity index (χ3n) is 9.53. The van der Waals surface area contributed by atoms with Crippen molar-refractivity contribution in [3.63, 3.8) is 0 Å². The molecule has 0 saturated heterocycles. The van der Waals surface area contributed by atoms with Crippen LogP contribution >= 0.6 is 0 Å². The molecule has 0 aromatic heterocycles. The summed E-state index contributed by atoms with van der Waals surface area (Å²) in [5.74, 6) is 2.13. The molecular formula is C30H56. The van der Waals surface area contributed by atoms with E-state index < -0.39 is 0 Å². The summed E-state index contributed by atoms with van der Waals surface area (Å²) in [7, 11) is 0. The molecule has 0 heterocycles. The van der Waals surface area contributed by atoms with Crippen LogP contribution in [0.1, 0.15) is 173 Å². The van der Waals surface area contributed by atoms with Gasteiger partial charge in [-0.15, -0.1) is 0 Å². The van der Waals surface area contributed by atoms with Gasteiger partial charge < -0.3 is 0 Å². The van der Waals surface area contributed by atoms with Crippen LogP contribution in [-0.2, 0) is 0 Å². The summed E-state index contributed by atoms with van der Waals surface area (Å²) in [5, 5.41) is 0. The van der Waals surface area contributed by atoms with Crippen LogP contribution in [-0.4, -0.2) is 0 Å². The van der Waals surface area contributed by atoms with E-state index in [0.29, 0.717) is 0 Å². The molecule has 3 aliphatic carbocycles. The van der Waals surface area contributed by atoms with E-state index in [2.05, 4.69) is 0 Å². The molecule has 0 aliphatic heterocycles. The molecule has 0 amide bonds. The Bertz CT molecular complexity index is 352. The van der Waals surface area contributed by atoms with Crippen LogP contribution in [0.25, 0.3) is 0 Å². The molecule has 0 radical (unpaired) electrons. The predicted molar refractivity (Wildman–Crippen MR) is 134 cm³/mol. The van der Waals surface area contributed by atoms with Crippen molar-refractivity contribution in [2.24, 2.45) is 17.3 Å². The summed E-state index contributed by atoms with van der Waals surface area (Å²) in [6.07, 6.45) is 41.6. The molecule has 3 aliphatic rings. The van der Waals surface area contributed by atoms with Gasteiger partial charge in [-0.1, -0.05) is 135 Å². The molecule has 0 nitrogen and oxygen atoms in total. The average molecular weight is 417 g/mol. The van der Waals surface area contributed by atoms with E-state index in [4.69, 9.17) is 0 Å². The summed E-state index contributed by atoms with van der Waals surface area (Å²) < 4.78 is 0. The van der Waals surface area contributed by atoms with Gasteiger partial charge in [-0.25, -0.2) is 0 Å². The minimum atomic E-state index is 0.733. The van der Waals surface area contributed by atoms with E-state index in [9.17, 15) is 0 Å². The molecular weight excluding hydrogens is 360 g/mol. The lowest BCUT2D eigenvalue weighted by Crippen LogP contribution is -2.25. The quantitative estimate of drug-likeness (QED) is 0.404. The van der Waals surface area contributed by atoms with Crippen LogP contribution < -0.4 is 0 Å². The van der Waals surface area contributed by atoms with Crippen LogP contribution in [0.5, 0.6) is 0 Å². The summed E-state index contributed by atoms with van der Waals surface area (Å²) in [6, 6.07) is 0. The summed E-state index contributed by atoms with van der Waals surface area (Å²) in [4.78, 5) is 0. The van der Waals surface area contributed by atoms with Gasteiger partial charge >= 0.3 is 0 Å². The normalized spacial score (nSPS) is 26.8. The van der Waals surface area contributed by atoms with Gasteiger partial charge in [-0.2, -0.15) is 0 Å². The molecule has 0 aromatic carbocycles. The van der Waals surface area contributed by atoms with Crippen LogP contribution in [0.4, 0.5) is 0 Å². The van der Waals surface area contributed by atoms with E-state index in [-0.39, 0.29) is 0 Å². The zero-order chi connectivity index (χ0) is 20.7. The third-order valence-corrected chi connectivity index (χ3v) is 9.53. The Morgan fingerprint density at radius 1 is 0.367 bits per heavy atom. The Morgan fingerprint density at radius 3 is 1.03 bits per heavy atom. The van der Waals surface area contributed by atoms with Crippen molar-refractivity contribution in [1.82, 2.24) is 0 Å². The lowest BCUT2D eigenvalue weighted by Gasteiger charge is -2.38. The van der Waals surface area contributed by atoms with Gasteiger partial charge in [0.15, 0.2) is 0 Å². The van der Waals surface area contributed by atoms with Crippen molar-refractivity contribution >= 4 is 0 Å². The molecule has 176 valence electrons. The van der Waals surface area contributed by atoms with Crippen molar-refractivity contribution in [2.75, 3.05) is 0 Å². The Labute approximate surface area is 190 Å². The van der Waals surface area contributed by atoms with E-state index in [1.807, 2.05) is 0 Å².